The molecule has 1 aromatic heterocycles. The highest BCUT2D eigenvalue weighted by Gasteiger charge is 2.10. The van der Waals surface area contributed by atoms with Crippen LogP contribution in [0.15, 0.2) is 18.3 Å². The summed E-state index contributed by atoms with van der Waals surface area (Å²) in [7, 11) is -4.03. The highest BCUT2D eigenvalue weighted by atomic mass is 33.1. The molecule has 0 saturated carbocycles. The van der Waals surface area contributed by atoms with E-state index in [9.17, 15) is 13.2 Å². The fourth-order valence-electron chi connectivity index (χ4n) is 0.849. The molecule has 0 bridgehead atoms. The molecule has 0 spiro atoms. The fraction of sp³-hybridized carbons (Fsp3) is 0.250. The van der Waals surface area contributed by atoms with Crippen LogP contribution in [-0.2, 0) is 13.9 Å². The predicted molar refractivity (Wildman–Crippen MR) is 61.6 cm³/mol. The number of hydrogen-bond donors (Lipinski definition) is 2. The van der Waals surface area contributed by atoms with Crippen LogP contribution in [-0.4, -0.2) is 29.6 Å². The van der Waals surface area contributed by atoms with E-state index in [1.54, 1.807) is 18.3 Å². The van der Waals surface area contributed by atoms with Gasteiger partial charge < -0.3 is 5.32 Å². The Kier molecular flexibility index (Phi) is 4.27. The van der Waals surface area contributed by atoms with E-state index in [0.29, 0.717) is 5.82 Å². The van der Waals surface area contributed by atoms with E-state index >= 15 is 0 Å². The molecule has 0 aliphatic carbocycles. The molecule has 0 unspecified atom stereocenters. The summed E-state index contributed by atoms with van der Waals surface area (Å²) in [5.41, 5.74) is 0.949. The Morgan fingerprint density at radius 1 is 1.56 bits per heavy atom. The molecule has 2 N–H and O–H groups in total. The van der Waals surface area contributed by atoms with Crippen molar-refractivity contribution in [2.24, 2.45) is 0 Å². The van der Waals surface area contributed by atoms with E-state index in [-0.39, 0.29) is 16.5 Å². The Bertz CT molecular complexity index is 469. The molecule has 1 heterocycles. The van der Waals surface area contributed by atoms with Crippen molar-refractivity contribution in [3.63, 3.8) is 0 Å². The van der Waals surface area contributed by atoms with Gasteiger partial charge in [-0.1, -0.05) is 6.07 Å². The summed E-state index contributed by atoms with van der Waals surface area (Å²) < 4.78 is 29.1. The van der Waals surface area contributed by atoms with Crippen molar-refractivity contribution in [2.75, 3.05) is 11.1 Å². The highest BCUT2D eigenvalue weighted by Crippen LogP contribution is 2.10. The van der Waals surface area contributed by atoms with E-state index < -0.39 is 15.1 Å². The Hall–Kier alpha value is -1.12. The van der Waals surface area contributed by atoms with Crippen molar-refractivity contribution in [2.45, 2.75) is 6.92 Å². The number of amides is 1. The zero-order valence-corrected chi connectivity index (χ0v) is 10.0. The van der Waals surface area contributed by atoms with Crippen LogP contribution in [0.3, 0.4) is 0 Å². The third kappa shape index (κ3) is 5.10. The Morgan fingerprint density at radius 2 is 2.25 bits per heavy atom. The van der Waals surface area contributed by atoms with Gasteiger partial charge in [0, 0.05) is 17.0 Å². The molecule has 0 fully saturated rings. The molecule has 1 rings (SSSR count). The van der Waals surface area contributed by atoms with Gasteiger partial charge >= 0.3 is 9.15 Å². The molecule has 8 heteroatoms. The standard InChI is InChI=1S/C8H10N2O4S2/c1-6-2-3-7(9-4-6)10-8(11)5-15-16(12,13)14/h2-4H,5H2,1H3,(H,9,10,11)(H,12,13,14). The van der Waals surface area contributed by atoms with Crippen molar-refractivity contribution in [1.29, 1.82) is 0 Å². The molecule has 0 saturated heterocycles. The Morgan fingerprint density at radius 3 is 2.75 bits per heavy atom. The minimum absolute atomic E-state index is 0.152. The fourth-order valence-corrected chi connectivity index (χ4v) is 1.94. The van der Waals surface area contributed by atoms with Gasteiger partial charge in [-0.05, 0) is 18.6 Å². The van der Waals surface area contributed by atoms with Crippen molar-refractivity contribution in [3.05, 3.63) is 23.9 Å². The van der Waals surface area contributed by atoms with Crippen LogP contribution in [0.1, 0.15) is 5.56 Å². The number of aryl methyl sites for hydroxylation is 1. The summed E-state index contributed by atoms with van der Waals surface area (Å²) in [5.74, 6) is -0.584. The Labute approximate surface area is 96.6 Å². The van der Waals surface area contributed by atoms with Crippen molar-refractivity contribution in [1.82, 2.24) is 4.98 Å². The molecule has 88 valence electrons. The first-order valence-electron chi connectivity index (χ1n) is 4.21. The van der Waals surface area contributed by atoms with Crippen LogP contribution in [0.4, 0.5) is 5.82 Å². The third-order valence-corrected chi connectivity index (χ3v) is 3.44. The molecular weight excluding hydrogens is 252 g/mol. The number of aromatic nitrogens is 1. The second-order valence-electron chi connectivity index (χ2n) is 2.96. The number of nitrogens with zero attached hydrogens (tertiary/aromatic N) is 1. The molecule has 1 amide bonds. The van der Waals surface area contributed by atoms with E-state index in [4.69, 9.17) is 4.55 Å². The van der Waals surface area contributed by atoms with Crippen LogP contribution in [0.2, 0.25) is 0 Å². The van der Waals surface area contributed by atoms with Crippen LogP contribution in [0, 0.1) is 6.92 Å². The van der Waals surface area contributed by atoms with Gasteiger partial charge in [-0.3, -0.25) is 9.35 Å². The molecule has 0 aliphatic heterocycles. The van der Waals surface area contributed by atoms with Gasteiger partial charge in [0.2, 0.25) is 5.91 Å². The summed E-state index contributed by atoms with van der Waals surface area (Å²) in [6.07, 6.45) is 1.57. The van der Waals surface area contributed by atoms with Gasteiger partial charge in [-0.2, -0.15) is 8.42 Å². The first-order chi connectivity index (χ1) is 7.37. The minimum Gasteiger partial charge on any atom is -0.310 e. The van der Waals surface area contributed by atoms with Gasteiger partial charge in [0.1, 0.15) is 5.82 Å². The summed E-state index contributed by atoms with van der Waals surface area (Å²) in [4.78, 5) is 15.1. The smallest absolute Gasteiger partial charge is 0.310 e. The molecule has 1 aromatic rings. The van der Waals surface area contributed by atoms with Crippen LogP contribution in [0.5, 0.6) is 0 Å². The zero-order valence-electron chi connectivity index (χ0n) is 8.37. The Balaban J connectivity index is 2.49. The number of hydrogen-bond acceptors (Lipinski definition) is 5. The third-order valence-electron chi connectivity index (χ3n) is 1.52. The lowest BCUT2D eigenvalue weighted by molar-refractivity contribution is -0.113. The number of carbonyl (C=O) groups excluding carboxylic acids is 1. The molecule has 0 radical (unpaired) electrons. The van der Waals surface area contributed by atoms with E-state index in [2.05, 4.69) is 10.3 Å². The number of rotatable bonds is 4. The SMILES string of the molecule is Cc1ccc(NC(=O)CSS(=O)(=O)O)nc1. The molecular formula is C8H10N2O4S2. The van der Waals surface area contributed by atoms with Crippen molar-refractivity contribution >= 4 is 31.7 Å². The summed E-state index contributed by atoms with van der Waals surface area (Å²) in [6.45, 7) is 1.85. The first-order valence-corrected chi connectivity index (χ1v) is 7.15. The normalized spacial score (nSPS) is 11.1. The number of nitrogens with one attached hydrogen (secondary N) is 1. The lowest BCUT2D eigenvalue weighted by Gasteiger charge is -2.02. The van der Waals surface area contributed by atoms with Gasteiger partial charge in [0.25, 0.3) is 0 Å². The predicted octanol–water partition coefficient (Wildman–Crippen LogP) is 0.865. The quantitative estimate of drug-likeness (QED) is 0.617. The molecule has 0 atom stereocenters. The first kappa shape index (κ1) is 12.9. The largest absolute Gasteiger partial charge is 0.320 e. The topological polar surface area (TPSA) is 96.4 Å². The second kappa shape index (κ2) is 5.28. The van der Waals surface area contributed by atoms with Crippen LogP contribution < -0.4 is 5.32 Å². The van der Waals surface area contributed by atoms with Crippen molar-refractivity contribution in [3.8, 4) is 0 Å². The number of anilines is 1. The van der Waals surface area contributed by atoms with E-state index in [1.165, 1.54) is 0 Å². The van der Waals surface area contributed by atoms with Crippen LogP contribution in [0.25, 0.3) is 0 Å². The van der Waals surface area contributed by atoms with Gasteiger partial charge in [-0.15, -0.1) is 0 Å². The lowest BCUT2D eigenvalue weighted by Crippen LogP contribution is -2.16. The number of pyridine rings is 1. The highest BCUT2D eigenvalue weighted by molar-refractivity contribution is 8.70. The average molecular weight is 262 g/mol. The summed E-state index contributed by atoms with van der Waals surface area (Å²) in [6, 6.07) is 3.36. The minimum atomic E-state index is -4.18. The van der Waals surface area contributed by atoms with E-state index in [0.717, 1.165) is 5.56 Å². The van der Waals surface area contributed by atoms with Crippen LogP contribution >= 0.6 is 10.8 Å². The molecule has 16 heavy (non-hydrogen) atoms. The van der Waals surface area contributed by atoms with Gasteiger partial charge in [0.05, 0.1) is 5.75 Å². The molecule has 0 aliphatic rings. The zero-order chi connectivity index (χ0) is 12.2. The monoisotopic (exact) mass is 262 g/mol. The lowest BCUT2D eigenvalue weighted by atomic mass is 10.3. The summed E-state index contributed by atoms with van der Waals surface area (Å²) >= 11 is 0. The maximum absolute atomic E-state index is 11.2. The average Bonchev–Trinajstić information content (AvgIpc) is 2.18. The second-order valence-corrected chi connectivity index (χ2v) is 6.31. The maximum Gasteiger partial charge on any atom is 0.320 e. The molecule has 6 nitrogen and oxygen atoms in total. The van der Waals surface area contributed by atoms with E-state index in [1.807, 2.05) is 6.92 Å². The molecule has 0 aromatic carbocycles. The summed E-state index contributed by atoms with van der Waals surface area (Å²) in [5, 5.41) is 2.40. The van der Waals surface area contributed by atoms with Gasteiger partial charge in [0.15, 0.2) is 0 Å². The number of carbonyl (C=O) groups is 1. The van der Waals surface area contributed by atoms with Gasteiger partial charge in [-0.25, -0.2) is 4.98 Å². The van der Waals surface area contributed by atoms with Crippen molar-refractivity contribution < 1.29 is 17.8 Å². The maximum atomic E-state index is 11.2.